The van der Waals surface area contributed by atoms with Gasteiger partial charge in [-0.25, -0.2) is 0 Å². The molecule has 2 N–H and O–H groups in total. The van der Waals surface area contributed by atoms with E-state index in [1.807, 2.05) is 6.92 Å². The summed E-state index contributed by atoms with van der Waals surface area (Å²) in [5.74, 6) is 0.539. The van der Waals surface area contributed by atoms with Gasteiger partial charge >= 0.3 is 0 Å². The van der Waals surface area contributed by atoms with Gasteiger partial charge in [0.1, 0.15) is 18.4 Å². The van der Waals surface area contributed by atoms with Gasteiger partial charge in [0, 0.05) is 19.3 Å². The SMILES string of the molecule is CCOCCOc1c(N)cc(C#N)n1CC1CCCO1. The third-order valence-corrected chi connectivity index (χ3v) is 3.27. The van der Waals surface area contributed by atoms with Gasteiger partial charge in [-0.3, -0.25) is 4.57 Å². The zero-order chi connectivity index (χ0) is 14.4. The highest BCUT2D eigenvalue weighted by Crippen LogP contribution is 2.28. The van der Waals surface area contributed by atoms with E-state index in [4.69, 9.17) is 19.9 Å². The summed E-state index contributed by atoms with van der Waals surface area (Å²) in [7, 11) is 0. The summed E-state index contributed by atoms with van der Waals surface area (Å²) in [6.07, 6.45) is 2.19. The molecule has 0 saturated carbocycles. The number of rotatable bonds is 7. The Balaban J connectivity index is 2.07. The zero-order valence-electron chi connectivity index (χ0n) is 11.8. The first-order valence-electron chi connectivity index (χ1n) is 6.97. The van der Waals surface area contributed by atoms with Crippen LogP contribution in [0.25, 0.3) is 0 Å². The van der Waals surface area contributed by atoms with Crippen LogP contribution >= 0.6 is 0 Å². The van der Waals surface area contributed by atoms with Gasteiger partial charge in [0.05, 0.1) is 24.9 Å². The van der Waals surface area contributed by atoms with Crippen molar-refractivity contribution in [2.45, 2.75) is 32.4 Å². The van der Waals surface area contributed by atoms with Crippen molar-refractivity contribution < 1.29 is 14.2 Å². The van der Waals surface area contributed by atoms with Crippen LogP contribution in [0.3, 0.4) is 0 Å². The Labute approximate surface area is 119 Å². The van der Waals surface area contributed by atoms with Crippen LogP contribution in [0.4, 0.5) is 5.69 Å². The van der Waals surface area contributed by atoms with E-state index < -0.39 is 0 Å². The van der Waals surface area contributed by atoms with E-state index in [0.717, 1.165) is 19.4 Å². The molecular weight excluding hydrogens is 258 g/mol. The first kappa shape index (κ1) is 14.7. The number of nitrogens with two attached hydrogens (primary N) is 1. The van der Waals surface area contributed by atoms with E-state index in [2.05, 4.69) is 6.07 Å². The van der Waals surface area contributed by atoms with Crippen molar-refractivity contribution in [2.75, 3.05) is 32.2 Å². The van der Waals surface area contributed by atoms with Gasteiger partial charge in [0.25, 0.3) is 0 Å². The molecule has 1 fully saturated rings. The van der Waals surface area contributed by atoms with Crippen molar-refractivity contribution in [1.82, 2.24) is 4.57 Å². The van der Waals surface area contributed by atoms with Crippen LogP contribution in [0, 0.1) is 11.3 Å². The van der Waals surface area contributed by atoms with Gasteiger partial charge in [-0.05, 0) is 19.8 Å². The Morgan fingerprint density at radius 3 is 3.05 bits per heavy atom. The first-order valence-corrected chi connectivity index (χ1v) is 6.97. The molecule has 1 atom stereocenters. The summed E-state index contributed by atoms with van der Waals surface area (Å²) in [5.41, 5.74) is 6.91. The summed E-state index contributed by atoms with van der Waals surface area (Å²) in [5, 5.41) is 9.19. The summed E-state index contributed by atoms with van der Waals surface area (Å²) in [6, 6.07) is 3.79. The molecule has 2 heterocycles. The summed E-state index contributed by atoms with van der Waals surface area (Å²) in [6.45, 7) is 4.89. The van der Waals surface area contributed by atoms with Gasteiger partial charge in [-0.15, -0.1) is 0 Å². The summed E-state index contributed by atoms with van der Waals surface area (Å²) < 4.78 is 18.3. The van der Waals surface area contributed by atoms with Crippen LogP contribution in [0.1, 0.15) is 25.5 Å². The van der Waals surface area contributed by atoms with Crippen molar-refractivity contribution in [2.24, 2.45) is 0 Å². The van der Waals surface area contributed by atoms with E-state index in [-0.39, 0.29) is 6.10 Å². The first-order chi connectivity index (χ1) is 9.76. The third-order valence-electron chi connectivity index (χ3n) is 3.27. The molecule has 0 aliphatic carbocycles. The minimum atomic E-state index is 0.128. The minimum Gasteiger partial charge on any atom is -0.475 e. The second kappa shape index (κ2) is 7.17. The van der Waals surface area contributed by atoms with Crippen molar-refractivity contribution in [1.29, 1.82) is 5.26 Å². The van der Waals surface area contributed by atoms with Gasteiger partial charge in [0.15, 0.2) is 0 Å². The molecule has 1 aromatic heterocycles. The number of anilines is 1. The Morgan fingerprint density at radius 2 is 2.40 bits per heavy atom. The maximum absolute atomic E-state index is 9.19. The van der Waals surface area contributed by atoms with Crippen LogP contribution in [0.2, 0.25) is 0 Å². The van der Waals surface area contributed by atoms with E-state index >= 15 is 0 Å². The lowest BCUT2D eigenvalue weighted by Gasteiger charge is -2.16. The average molecular weight is 279 g/mol. The molecule has 0 radical (unpaired) electrons. The molecule has 1 aromatic rings. The van der Waals surface area contributed by atoms with E-state index in [1.54, 1.807) is 10.6 Å². The predicted molar refractivity (Wildman–Crippen MR) is 74.5 cm³/mol. The number of ether oxygens (including phenoxy) is 3. The molecule has 20 heavy (non-hydrogen) atoms. The van der Waals surface area contributed by atoms with E-state index in [9.17, 15) is 5.26 Å². The summed E-state index contributed by atoms with van der Waals surface area (Å²) >= 11 is 0. The second-order valence-corrected chi connectivity index (χ2v) is 4.69. The van der Waals surface area contributed by atoms with Crippen LogP contribution in [-0.2, 0) is 16.0 Å². The molecule has 1 unspecified atom stereocenters. The van der Waals surface area contributed by atoms with Crippen molar-refractivity contribution >= 4 is 5.69 Å². The van der Waals surface area contributed by atoms with Gasteiger partial charge in [-0.2, -0.15) is 5.26 Å². The molecule has 1 aliphatic rings. The lowest BCUT2D eigenvalue weighted by Crippen LogP contribution is -2.18. The number of hydrogen-bond donors (Lipinski definition) is 1. The second-order valence-electron chi connectivity index (χ2n) is 4.69. The molecule has 110 valence electrons. The van der Waals surface area contributed by atoms with Crippen LogP contribution in [0.15, 0.2) is 6.07 Å². The smallest absolute Gasteiger partial charge is 0.218 e. The lowest BCUT2D eigenvalue weighted by molar-refractivity contribution is 0.0879. The Bertz CT molecular complexity index is 473. The minimum absolute atomic E-state index is 0.128. The van der Waals surface area contributed by atoms with Gasteiger partial charge in [0.2, 0.25) is 5.88 Å². The van der Waals surface area contributed by atoms with Crippen LogP contribution < -0.4 is 10.5 Å². The van der Waals surface area contributed by atoms with Crippen molar-refractivity contribution in [3.05, 3.63) is 11.8 Å². The normalized spacial score (nSPS) is 18.1. The van der Waals surface area contributed by atoms with Gasteiger partial charge < -0.3 is 19.9 Å². The van der Waals surface area contributed by atoms with Gasteiger partial charge in [-0.1, -0.05) is 0 Å². The highest BCUT2D eigenvalue weighted by atomic mass is 16.5. The molecule has 6 nitrogen and oxygen atoms in total. The fourth-order valence-corrected chi connectivity index (χ4v) is 2.32. The number of nitriles is 1. The number of nitrogens with zero attached hydrogens (tertiary/aromatic N) is 2. The highest BCUT2D eigenvalue weighted by molar-refractivity contribution is 5.55. The molecular formula is C14H21N3O3. The maximum atomic E-state index is 9.19. The topological polar surface area (TPSA) is 82.4 Å². The standard InChI is InChI=1S/C14H21N3O3/c1-2-18-6-7-20-14-13(16)8-11(9-15)17(14)10-12-4-3-5-19-12/h8,12H,2-7,10,16H2,1H3. The van der Waals surface area contributed by atoms with Crippen molar-refractivity contribution in [3.63, 3.8) is 0 Å². The van der Waals surface area contributed by atoms with E-state index in [1.165, 1.54) is 0 Å². The largest absolute Gasteiger partial charge is 0.475 e. The highest BCUT2D eigenvalue weighted by Gasteiger charge is 2.21. The van der Waals surface area contributed by atoms with Crippen LogP contribution in [0.5, 0.6) is 5.88 Å². The number of hydrogen-bond acceptors (Lipinski definition) is 5. The molecule has 1 aliphatic heterocycles. The molecule has 0 aromatic carbocycles. The van der Waals surface area contributed by atoms with E-state index in [0.29, 0.717) is 43.6 Å². The summed E-state index contributed by atoms with van der Waals surface area (Å²) in [4.78, 5) is 0. The van der Waals surface area contributed by atoms with Crippen molar-refractivity contribution in [3.8, 4) is 11.9 Å². The fourth-order valence-electron chi connectivity index (χ4n) is 2.32. The molecule has 0 bridgehead atoms. The average Bonchev–Trinajstić information content (AvgIpc) is 3.05. The maximum Gasteiger partial charge on any atom is 0.218 e. The number of aromatic nitrogens is 1. The lowest BCUT2D eigenvalue weighted by atomic mass is 10.2. The molecule has 0 spiro atoms. The number of nitrogen functional groups attached to an aromatic ring is 1. The third kappa shape index (κ3) is 3.44. The Hall–Kier alpha value is -1.71. The Kier molecular flexibility index (Phi) is 5.27. The quantitative estimate of drug-likeness (QED) is 0.765. The van der Waals surface area contributed by atoms with Crippen LogP contribution in [-0.4, -0.2) is 37.1 Å². The molecule has 1 saturated heterocycles. The molecule has 6 heteroatoms. The predicted octanol–water partition coefficient (Wildman–Crippen LogP) is 1.54. The Morgan fingerprint density at radius 1 is 1.55 bits per heavy atom. The monoisotopic (exact) mass is 279 g/mol. The molecule has 2 rings (SSSR count). The molecule has 0 amide bonds. The fraction of sp³-hybridized carbons (Fsp3) is 0.643. The zero-order valence-corrected chi connectivity index (χ0v) is 11.8.